The van der Waals surface area contributed by atoms with Crippen LogP contribution in [0.3, 0.4) is 0 Å². The number of thiophene rings is 1. The van der Waals surface area contributed by atoms with Gasteiger partial charge in [0.2, 0.25) is 0 Å². The van der Waals surface area contributed by atoms with Gasteiger partial charge in [-0.3, -0.25) is 19.7 Å². The number of carbonyl (C=O) groups excluding carboxylic acids is 1. The third-order valence-corrected chi connectivity index (χ3v) is 3.28. The van der Waals surface area contributed by atoms with E-state index in [1.807, 2.05) is 0 Å². The Bertz CT molecular complexity index is 565. The molecule has 0 aliphatic heterocycles. The molecule has 0 aromatic carbocycles. The van der Waals surface area contributed by atoms with E-state index in [0.29, 0.717) is 11.3 Å². The summed E-state index contributed by atoms with van der Waals surface area (Å²) in [4.78, 5) is 42.8. The molecule has 0 spiro atoms. The predicted molar refractivity (Wildman–Crippen MR) is 67.8 cm³/mol. The molecule has 3 N–H and O–H groups in total. The Balaban J connectivity index is 0. The summed E-state index contributed by atoms with van der Waals surface area (Å²) in [5.74, 6) is -3.34. The van der Waals surface area contributed by atoms with Crippen molar-refractivity contribution in [2.75, 3.05) is 0 Å². The number of aliphatic carboxylic acids is 2. The second kappa shape index (κ2) is 8.72. The Morgan fingerprint density at radius 1 is 1.38 bits per heavy atom. The molecular formula is C10H11N2NaO7S. The van der Waals surface area contributed by atoms with Crippen LogP contribution in [0.25, 0.3) is 0 Å². The summed E-state index contributed by atoms with van der Waals surface area (Å²) in [6.07, 6.45) is -0.689. The molecule has 0 saturated carbocycles. The van der Waals surface area contributed by atoms with Crippen LogP contribution in [0.15, 0.2) is 12.1 Å². The fourth-order valence-corrected chi connectivity index (χ4v) is 2.03. The standard InChI is InChI=1S/C10H10N2O7S.Na.H/c13-8(14)4-1-5(10(16)17)11-9(15)6-2-3-7(20-6)12(18)19;;/h2-3,5H,1,4H2,(H,11,15)(H,13,14)(H,16,17);;/q;+1;-1/t5-;;/m0../s1. The van der Waals surface area contributed by atoms with Gasteiger partial charge in [0.1, 0.15) is 6.04 Å². The molecule has 0 bridgehead atoms. The zero-order valence-electron chi connectivity index (χ0n) is 11.9. The van der Waals surface area contributed by atoms with Crippen LogP contribution in [0.1, 0.15) is 23.9 Å². The van der Waals surface area contributed by atoms with Crippen LogP contribution < -0.4 is 34.9 Å². The van der Waals surface area contributed by atoms with Crippen LogP contribution in [-0.4, -0.2) is 39.0 Å². The van der Waals surface area contributed by atoms with E-state index in [2.05, 4.69) is 5.32 Å². The summed E-state index contributed by atoms with van der Waals surface area (Å²) < 4.78 is 0. The van der Waals surface area contributed by atoms with Crippen LogP contribution in [0.4, 0.5) is 5.00 Å². The number of hydrogen-bond donors (Lipinski definition) is 3. The summed E-state index contributed by atoms with van der Waals surface area (Å²) in [6.45, 7) is 0. The number of nitrogens with one attached hydrogen (secondary N) is 1. The molecule has 0 fully saturated rings. The first-order chi connectivity index (χ1) is 9.31. The molecule has 0 radical (unpaired) electrons. The van der Waals surface area contributed by atoms with Gasteiger partial charge in [0, 0.05) is 12.5 Å². The molecular weight excluding hydrogens is 315 g/mol. The maximum atomic E-state index is 11.7. The Morgan fingerprint density at radius 2 is 2.00 bits per heavy atom. The van der Waals surface area contributed by atoms with E-state index in [4.69, 9.17) is 10.2 Å². The van der Waals surface area contributed by atoms with Crippen LogP contribution in [0, 0.1) is 10.1 Å². The SMILES string of the molecule is O=C(O)CC[C@H](NC(=O)c1ccc([N+](=O)[O-])s1)C(=O)O.[H-].[Na+]. The van der Waals surface area contributed by atoms with Crippen LogP contribution in [-0.2, 0) is 9.59 Å². The molecule has 9 nitrogen and oxygen atoms in total. The van der Waals surface area contributed by atoms with Crippen molar-refractivity contribution in [2.24, 2.45) is 0 Å². The average molecular weight is 326 g/mol. The number of carboxylic acids is 2. The summed E-state index contributed by atoms with van der Waals surface area (Å²) >= 11 is 0.607. The topological polar surface area (TPSA) is 147 Å². The van der Waals surface area contributed by atoms with E-state index in [0.717, 1.165) is 6.07 Å². The van der Waals surface area contributed by atoms with Crippen molar-refractivity contribution in [3.05, 3.63) is 27.1 Å². The van der Waals surface area contributed by atoms with Crippen LogP contribution in [0.5, 0.6) is 0 Å². The molecule has 1 heterocycles. The molecule has 1 aromatic rings. The van der Waals surface area contributed by atoms with E-state index in [1.54, 1.807) is 0 Å². The van der Waals surface area contributed by atoms with E-state index < -0.39 is 35.2 Å². The predicted octanol–water partition coefficient (Wildman–Crippen LogP) is -2.18. The fourth-order valence-electron chi connectivity index (χ4n) is 1.30. The van der Waals surface area contributed by atoms with Crippen molar-refractivity contribution in [1.29, 1.82) is 0 Å². The second-order valence-electron chi connectivity index (χ2n) is 3.69. The van der Waals surface area contributed by atoms with Gasteiger partial charge in [-0.25, -0.2) is 4.79 Å². The number of nitrogens with zero attached hydrogens (tertiary/aromatic N) is 1. The quantitative estimate of drug-likeness (QED) is 0.293. The molecule has 1 atom stereocenters. The van der Waals surface area contributed by atoms with Crippen molar-refractivity contribution < 1.29 is 60.5 Å². The maximum Gasteiger partial charge on any atom is 1.00 e. The first-order valence-corrected chi connectivity index (χ1v) is 6.12. The molecule has 1 amide bonds. The minimum absolute atomic E-state index is 0. The zero-order chi connectivity index (χ0) is 15.3. The van der Waals surface area contributed by atoms with Gasteiger partial charge in [0.25, 0.3) is 5.91 Å². The van der Waals surface area contributed by atoms with E-state index >= 15 is 0 Å². The van der Waals surface area contributed by atoms with Crippen molar-refractivity contribution in [2.45, 2.75) is 18.9 Å². The molecule has 1 rings (SSSR count). The van der Waals surface area contributed by atoms with Gasteiger partial charge in [-0.1, -0.05) is 11.3 Å². The number of amides is 1. The number of carbonyl (C=O) groups is 3. The number of hydrogen-bond acceptors (Lipinski definition) is 6. The summed E-state index contributed by atoms with van der Waals surface area (Å²) in [7, 11) is 0. The van der Waals surface area contributed by atoms with Crippen molar-refractivity contribution in [3.8, 4) is 0 Å². The Hall–Kier alpha value is -1.49. The van der Waals surface area contributed by atoms with Gasteiger partial charge in [-0.05, 0) is 12.5 Å². The molecule has 0 aliphatic carbocycles. The number of rotatable bonds is 7. The molecule has 1 aromatic heterocycles. The van der Waals surface area contributed by atoms with Crippen LogP contribution >= 0.6 is 11.3 Å². The van der Waals surface area contributed by atoms with Gasteiger partial charge < -0.3 is 17.0 Å². The largest absolute Gasteiger partial charge is 1.00 e. The van der Waals surface area contributed by atoms with E-state index in [-0.39, 0.29) is 47.3 Å². The monoisotopic (exact) mass is 326 g/mol. The minimum Gasteiger partial charge on any atom is -1.00 e. The summed E-state index contributed by atoms with van der Waals surface area (Å²) in [5, 5.41) is 29.7. The molecule has 110 valence electrons. The Kier molecular flexibility index (Phi) is 8.10. The van der Waals surface area contributed by atoms with Crippen molar-refractivity contribution in [3.63, 3.8) is 0 Å². The molecule has 21 heavy (non-hydrogen) atoms. The molecule has 0 unspecified atom stereocenters. The average Bonchev–Trinajstić information content (AvgIpc) is 2.83. The summed E-state index contributed by atoms with van der Waals surface area (Å²) in [5.41, 5.74) is 0. The molecule has 0 saturated heterocycles. The van der Waals surface area contributed by atoms with Gasteiger partial charge in [-0.15, -0.1) is 0 Å². The van der Waals surface area contributed by atoms with Gasteiger partial charge in [-0.2, -0.15) is 0 Å². The third kappa shape index (κ3) is 6.21. The molecule has 11 heteroatoms. The van der Waals surface area contributed by atoms with Gasteiger partial charge in [0.05, 0.1) is 9.80 Å². The van der Waals surface area contributed by atoms with E-state index in [9.17, 15) is 24.5 Å². The van der Waals surface area contributed by atoms with Crippen LogP contribution in [0.2, 0.25) is 0 Å². The number of nitro groups is 1. The first-order valence-electron chi connectivity index (χ1n) is 5.31. The fraction of sp³-hybridized carbons (Fsp3) is 0.300. The molecule has 0 aliphatic rings. The van der Waals surface area contributed by atoms with Crippen molar-refractivity contribution >= 4 is 34.2 Å². The normalized spacial score (nSPS) is 11.0. The number of carboxylic acid groups (broad SMARTS) is 2. The van der Waals surface area contributed by atoms with Gasteiger partial charge >= 0.3 is 46.5 Å². The Morgan fingerprint density at radius 3 is 2.43 bits per heavy atom. The van der Waals surface area contributed by atoms with Crippen molar-refractivity contribution in [1.82, 2.24) is 5.32 Å². The Labute approximate surface area is 145 Å². The second-order valence-corrected chi connectivity index (χ2v) is 4.75. The maximum absolute atomic E-state index is 11.7. The minimum atomic E-state index is -1.37. The zero-order valence-corrected chi connectivity index (χ0v) is 13.8. The third-order valence-electron chi connectivity index (χ3n) is 2.25. The first kappa shape index (κ1) is 19.5. The smallest absolute Gasteiger partial charge is 1.00 e. The van der Waals surface area contributed by atoms with Gasteiger partial charge in [0.15, 0.2) is 0 Å². The van der Waals surface area contributed by atoms with E-state index in [1.165, 1.54) is 6.07 Å². The summed E-state index contributed by atoms with van der Waals surface area (Å²) in [6, 6.07) is 0.973.